The van der Waals surface area contributed by atoms with Gasteiger partial charge in [0.05, 0.1) is 7.11 Å². The second-order valence-corrected chi connectivity index (χ2v) is 8.35. The Hall–Kier alpha value is -2.21. The highest BCUT2D eigenvalue weighted by Crippen LogP contribution is 2.34. The molecule has 1 amide bonds. The normalized spacial score (nSPS) is 20.8. The second kappa shape index (κ2) is 8.03. The number of amides is 1. The highest BCUT2D eigenvalue weighted by Gasteiger charge is 2.35. The van der Waals surface area contributed by atoms with Crippen LogP contribution in [0.15, 0.2) is 40.9 Å². The van der Waals surface area contributed by atoms with Gasteiger partial charge in [0.15, 0.2) is 11.8 Å². The summed E-state index contributed by atoms with van der Waals surface area (Å²) in [5.41, 5.74) is 3.40. The Morgan fingerprint density at radius 2 is 1.93 bits per heavy atom. The molecule has 2 heterocycles. The zero-order valence-electron chi connectivity index (χ0n) is 16.2. The van der Waals surface area contributed by atoms with Gasteiger partial charge in [-0.2, -0.15) is 0 Å². The molecule has 1 saturated carbocycles. The van der Waals surface area contributed by atoms with Crippen LogP contribution in [0.2, 0.25) is 0 Å². The molecule has 1 atom stereocenters. The zero-order chi connectivity index (χ0) is 19.7. The average Bonchev–Trinajstić information content (AvgIpc) is 3.46. The minimum Gasteiger partial charge on any atom is -0.497 e. The topological polar surface area (TPSA) is 54.2 Å². The van der Waals surface area contributed by atoms with Crippen molar-refractivity contribution in [3.8, 4) is 5.75 Å². The van der Waals surface area contributed by atoms with Gasteiger partial charge >= 0.3 is 0 Å². The Bertz CT molecular complexity index is 920. The Kier molecular flexibility index (Phi) is 5.49. The second-order valence-electron chi connectivity index (χ2n) is 7.49. The lowest BCUT2D eigenvalue weighted by Crippen LogP contribution is -2.22. The van der Waals surface area contributed by atoms with Gasteiger partial charge in [-0.3, -0.25) is 4.79 Å². The maximum absolute atomic E-state index is 12.1. The van der Waals surface area contributed by atoms with Gasteiger partial charge in [0, 0.05) is 35.7 Å². The first-order chi connectivity index (χ1) is 13.6. The first-order valence-corrected chi connectivity index (χ1v) is 10.6. The van der Waals surface area contributed by atoms with Crippen LogP contribution in [0.3, 0.4) is 0 Å². The molecule has 2 aliphatic rings. The number of pyridine rings is 1. The van der Waals surface area contributed by atoms with E-state index in [0.717, 1.165) is 48.1 Å². The molecule has 1 N–H and O–H groups in total. The summed E-state index contributed by atoms with van der Waals surface area (Å²) in [7, 11) is 1.68. The molecule has 1 saturated heterocycles. The van der Waals surface area contributed by atoms with Crippen LogP contribution >= 0.6 is 15.9 Å². The van der Waals surface area contributed by atoms with E-state index < -0.39 is 0 Å². The minimum atomic E-state index is 0.0880. The molecule has 6 heteroatoms. The number of carbonyl (C=O) groups is 1. The van der Waals surface area contributed by atoms with Gasteiger partial charge in [-0.05, 0) is 65.2 Å². The minimum absolute atomic E-state index is 0.0880. The van der Waals surface area contributed by atoms with Crippen molar-refractivity contribution in [1.29, 1.82) is 0 Å². The number of hydrogen-bond donors (Lipinski definition) is 1. The molecule has 1 aromatic heterocycles. The Labute approximate surface area is 174 Å². The van der Waals surface area contributed by atoms with Gasteiger partial charge in [-0.25, -0.2) is 9.56 Å². The monoisotopic (exact) mass is 442 g/mol. The summed E-state index contributed by atoms with van der Waals surface area (Å²) < 4.78 is 8.67. The summed E-state index contributed by atoms with van der Waals surface area (Å²) >= 11 is 3.67. The van der Waals surface area contributed by atoms with Crippen LogP contribution in [0.4, 0.5) is 5.82 Å². The molecule has 2 aromatic rings. The van der Waals surface area contributed by atoms with Crippen LogP contribution in [0.1, 0.15) is 49.9 Å². The number of aromatic nitrogens is 1. The van der Waals surface area contributed by atoms with E-state index in [9.17, 15) is 4.79 Å². The third-order valence-electron chi connectivity index (χ3n) is 5.58. The van der Waals surface area contributed by atoms with Crippen molar-refractivity contribution in [3.05, 3.63) is 52.1 Å². The average molecular weight is 443 g/mol. The SMILES string of the molecule is COc1ccc(C(C)=[N+]2CCC[C@H]2c2nc(NC(=O)C3CC3)ccc2Br)cc1. The maximum atomic E-state index is 12.1. The molecule has 2 fully saturated rings. The fraction of sp³-hybridized carbons (Fsp3) is 0.409. The summed E-state index contributed by atoms with van der Waals surface area (Å²) in [5.74, 6) is 1.76. The largest absolute Gasteiger partial charge is 0.497 e. The Morgan fingerprint density at radius 3 is 2.61 bits per heavy atom. The summed E-state index contributed by atoms with van der Waals surface area (Å²) in [6, 6.07) is 12.2. The molecule has 0 unspecified atom stereocenters. The predicted molar refractivity (Wildman–Crippen MR) is 113 cm³/mol. The highest BCUT2D eigenvalue weighted by atomic mass is 79.9. The summed E-state index contributed by atoms with van der Waals surface area (Å²) in [6.45, 7) is 3.15. The van der Waals surface area contributed by atoms with Crippen molar-refractivity contribution in [2.24, 2.45) is 5.92 Å². The molecule has 0 bridgehead atoms. The molecule has 146 valence electrons. The zero-order valence-corrected chi connectivity index (χ0v) is 17.8. The van der Waals surface area contributed by atoms with E-state index in [0.29, 0.717) is 5.82 Å². The van der Waals surface area contributed by atoms with E-state index in [1.807, 2.05) is 24.3 Å². The van der Waals surface area contributed by atoms with Crippen LogP contribution in [0.5, 0.6) is 5.75 Å². The van der Waals surface area contributed by atoms with Crippen LogP contribution in [-0.2, 0) is 4.79 Å². The summed E-state index contributed by atoms with van der Waals surface area (Å²) in [6.07, 6.45) is 4.13. The van der Waals surface area contributed by atoms with Gasteiger partial charge in [-0.1, -0.05) is 0 Å². The number of nitrogens with zero attached hydrogens (tertiary/aromatic N) is 2. The lowest BCUT2D eigenvalue weighted by Gasteiger charge is -2.14. The van der Waals surface area contributed by atoms with E-state index in [1.54, 1.807) is 7.11 Å². The van der Waals surface area contributed by atoms with Gasteiger partial charge in [-0.15, -0.1) is 0 Å². The number of rotatable bonds is 5. The molecule has 1 aliphatic carbocycles. The molecular formula is C22H25BrN3O2+. The van der Waals surface area contributed by atoms with E-state index in [-0.39, 0.29) is 17.9 Å². The molecule has 1 aliphatic heterocycles. The number of benzene rings is 1. The number of ether oxygens (including phenoxy) is 1. The van der Waals surface area contributed by atoms with Crippen LogP contribution < -0.4 is 10.1 Å². The predicted octanol–water partition coefficient (Wildman–Crippen LogP) is 4.56. The van der Waals surface area contributed by atoms with E-state index >= 15 is 0 Å². The van der Waals surface area contributed by atoms with Crippen LogP contribution in [0, 0.1) is 5.92 Å². The van der Waals surface area contributed by atoms with Crippen LogP contribution in [-0.4, -0.2) is 34.8 Å². The number of hydrogen-bond acceptors (Lipinski definition) is 3. The molecule has 28 heavy (non-hydrogen) atoms. The summed E-state index contributed by atoms with van der Waals surface area (Å²) in [4.78, 5) is 16.9. The van der Waals surface area contributed by atoms with Gasteiger partial charge in [0.2, 0.25) is 5.91 Å². The van der Waals surface area contributed by atoms with Gasteiger partial charge < -0.3 is 10.1 Å². The molecule has 5 nitrogen and oxygen atoms in total. The first kappa shape index (κ1) is 19.1. The molecule has 0 spiro atoms. The third kappa shape index (κ3) is 3.97. The van der Waals surface area contributed by atoms with Crippen molar-refractivity contribution < 1.29 is 14.1 Å². The number of methoxy groups -OCH3 is 1. The molecule has 1 aromatic carbocycles. The number of halogens is 1. The van der Waals surface area contributed by atoms with Crippen molar-refractivity contribution in [1.82, 2.24) is 4.98 Å². The van der Waals surface area contributed by atoms with E-state index in [1.165, 1.54) is 11.3 Å². The van der Waals surface area contributed by atoms with Gasteiger partial charge in [0.1, 0.15) is 23.8 Å². The maximum Gasteiger partial charge on any atom is 0.228 e. The lowest BCUT2D eigenvalue weighted by molar-refractivity contribution is -0.550. The number of carbonyl (C=O) groups excluding carboxylic acids is 1. The van der Waals surface area contributed by atoms with E-state index in [4.69, 9.17) is 9.72 Å². The fourth-order valence-electron chi connectivity index (χ4n) is 3.79. The van der Waals surface area contributed by atoms with Crippen LogP contribution in [0.25, 0.3) is 0 Å². The number of anilines is 1. The lowest BCUT2D eigenvalue weighted by atomic mass is 10.1. The first-order valence-electron chi connectivity index (χ1n) is 9.78. The molecular weight excluding hydrogens is 418 g/mol. The van der Waals surface area contributed by atoms with E-state index in [2.05, 4.69) is 44.9 Å². The fourth-order valence-corrected chi connectivity index (χ4v) is 4.27. The molecule has 0 radical (unpaired) electrons. The van der Waals surface area contributed by atoms with Crippen molar-refractivity contribution in [2.45, 2.75) is 38.6 Å². The highest BCUT2D eigenvalue weighted by molar-refractivity contribution is 9.10. The summed E-state index contributed by atoms with van der Waals surface area (Å²) in [5, 5.41) is 2.97. The van der Waals surface area contributed by atoms with Crippen molar-refractivity contribution >= 4 is 33.4 Å². The molecule has 4 rings (SSSR count). The smallest absolute Gasteiger partial charge is 0.228 e. The van der Waals surface area contributed by atoms with Gasteiger partial charge in [0.25, 0.3) is 0 Å². The van der Waals surface area contributed by atoms with Crippen molar-refractivity contribution in [2.75, 3.05) is 19.0 Å². The quantitative estimate of drug-likeness (QED) is 0.690. The third-order valence-corrected chi connectivity index (χ3v) is 6.25. The number of nitrogens with one attached hydrogen (secondary N) is 1. The Morgan fingerprint density at radius 1 is 1.18 bits per heavy atom. The standard InChI is InChI=1S/C22H24BrN3O2/c1-14(15-7-9-17(28-2)10-8-15)26-13-3-4-19(26)21-18(23)11-12-20(24-21)25-22(27)16-5-6-16/h7-12,16,19H,3-6,13H2,1-2H3/p+1/t19-/m0/s1. The Balaban J connectivity index is 1.64. The van der Waals surface area contributed by atoms with Crippen molar-refractivity contribution in [3.63, 3.8) is 0 Å².